The summed E-state index contributed by atoms with van der Waals surface area (Å²) in [5, 5.41) is 8.73. The van der Waals surface area contributed by atoms with Gasteiger partial charge in [-0.15, -0.1) is 5.10 Å². The van der Waals surface area contributed by atoms with Crippen LogP contribution in [0, 0.1) is 0 Å². The van der Waals surface area contributed by atoms with E-state index in [4.69, 9.17) is 17.3 Å². The maximum atomic E-state index is 5.98. The molecule has 0 radical (unpaired) electrons. The summed E-state index contributed by atoms with van der Waals surface area (Å²) >= 11 is 5.98. The van der Waals surface area contributed by atoms with Crippen molar-refractivity contribution in [2.24, 2.45) is 12.8 Å². The summed E-state index contributed by atoms with van der Waals surface area (Å²) in [5.74, 6) is 0.227. The van der Waals surface area contributed by atoms with Crippen molar-refractivity contribution in [3.63, 3.8) is 0 Å². The number of rotatable bonds is 4. The highest BCUT2D eigenvalue weighted by atomic mass is 35.5. The Balaban J connectivity index is 2.16. The predicted octanol–water partition coefficient (Wildman–Crippen LogP) is 1.75. The first-order valence-corrected chi connectivity index (χ1v) is 5.87. The minimum absolute atomic E-state index is 0.227. The van der Waals surface area contributed by atoms with Crippen molar-refractivity contribution in [2.75, 3.05) is 6.54 Å². The van der Waals surface area contributed by atoms with Crippen molar-refractivity contribution in [1.29, 1.82) is 0 Å². The Morgan fingerprint density at radius 1 is 1.47 bits per heavy atom. The Hall–Kier alpha value is -1.39. The molecular formula is C12H15ClN4. The zero-order valence-electron chi connectivity index (χ0n) is 9.68. The summed E-state index contributed by atoms with van der Waals surface area (Å²) in [6.07, 6.45) is 2.69. The molecule has 2 rings (SSSR count). The minimum atomic E-state index is 0.227. The van der Waals surface area contributed by atoms with Crippen LogP contribution in [0.3, 0.4) is 0 Å². The van der Waals surface area contributed by atoms with Crippen LogP contribution in [0.15, 0.2) is 30.5 Å². The summed E-state index contributed by atoms with van der Waals surface area (Å²) in [5.41, 5.74) is 7.90. The van der Waals surface area contributed by atoms with Crippen LogP contribution in [-0.4, -0.2) is 21.5 Å². The Kier molecular flexibility index (Phi) is 3.76. The molecule has 1 heterocycles. The lowest BCUT2D eigenvalue weighted by atomic mass is 9.95. The van der Waals surface area contributed by atoms with Gasteiger partial charge in [-0.3, -0.25) is 4.68 Å². The van der Waals surface area contributed by atoms with Crippen LogP contribution in [0.1, 0.15) is 17.2 Å². The zero-order valence-corrected chi connectivity index (χ0v) is 10.4. The molecule has 1 aromatic carbocycles. The molecule has 1 unspecified atom stereocenters. The largest absolute Gasteiger partial charge is 0.330 e. The average molecular weight is 251 g/mol. The van der Waals surface area contributed by atoms with Gasteiger partial charge in [0.05, 0.1) is 5.69 Å². The maximum Gasteiger partial charge on any atom is 0.0833 e. The summed E-state index contributed by atoms with van der Waals surface area (Å²) < 4.78 is 1.70. The normalized spacial score (nSPS) is 12.6. The van der Waals surface area contributed by atoms with E-state index in [1.807, 2.05) is 37.5 Å². The van der Waals surface area contributed by atoms with Crippen LogP contribution in [0.25, 0.3) is 0 Å². The number of aromatic nitrogens is 3. The first-order chi connectivity index (χ1) is 8.19. The monoisotopic (exact) mass is 250 g/mol. The van der Waals surface area contributed by atoms with E-state index in [1.165, 1.54) is 0 Å². The van der Waals surface area contributed by atoms with Gasteiger partial charge in [-0.1, -0.05) is 28.9 Å². The highest BCUT2D eigenvalue weighted by Gasteiger charge is 2.12. The third-order valence-corrected chi connectivity index (χ3v) is 2.95. The van der Waals surface area contributed by atoms with Gasteiger partial charge in [0.2, 0.25) is 0 Å². The Bertz CT molecular complexity index is 495. The van der Waals surface area contributed by atoms with Crippen LogP contribution in [0.2, 0.25) is 5.02 Å². The quantitative estimate of drug-likeness (QED) is 0.900. The first kappa shape index (κ1) is 12.1. The molecule has 0 saturated carbocycles. The van der Waals surface area contributed by atoms with Crippen LogP contribution >= 0.6 is 11.6 Å². The van der Waals surface area contributed by atoms with E-state index in [2.05, 4.69) is 10.3 Å². The minimum Gasteiger partial charge on any atom is -0.330 e. The van der Waals surface area contributed by atoms with Crippen LogP contribution in [0.4, 0.5) is 0 Å². The van der Waals surface area contributed by atoms with Crippen molar-refractivity contribution in [3.05, 3.63) is 46.7 Å². The fraction of sp³-hybridized carbons (Fsp3) is 0.333. The smallest absolute Gasteiger partial charge is 0.0833 e. The summed E-state index contributed by atoms with van der Waals surface area (Å²) in [6.45, 7) is 0.566. The number of nitrogens with two attached hydrogens (primary N) is 1. The van der Waals surface area contributed by atoms with E-state index >= 15 is 0 Å². The molecule has 17 heavy (non-hydrogen) atoms. The number of hydrogen-bond donors (Lipinski definition) is 1. The molecule has 2 aromatic rings. The van der Waals surface area contributed by atoms with E-state index < -0.39 is 0 Å². The molecular weight excluding hydrogens is 236 g/mol. The third-order valence-electron chi connectivity index (χ3n) is 2.71. The van der Waals surface area contributed by atoms with Gasteiger partial charge >= 0.3 is 0 Å². The predicted molar refractivity (Wildman–Crippen MR) is 68.0 cm³/mol. The lowest BCUT2D eigenvalue weighted by molar-refractivity contribution is 0.676. The van der Waals surface area contributed by atoms with Gasteiger partial charge in [-0.25, -0.2) is 0 Å². The van der Waals surface area contributed by atoms with Gasteiger partial charge in [0, 0.05) is 30.6 Å². The van der Waals surface area contributed by atoms with Crippen molar-refractivity contribution < 1.29 is 0 Å². The standard InChI is InChI=1S/C12H15ClN4/c1-17-8-12(15-16-17)6-10(7-14)9-3-2-4-11(13)5-9/h2-5,8,10H,6-7,14H2,1H3. The number of nitrogens with zero attached hydrogens (tertiary/aromatic N) is 3. The molecule has 0 aliphatic rings. The van der Waals surface area contributed by atoms with Gasteiger partial charge in [0.25, 0.3) is 0 Å². The molecule has 0 fully saturated rings. The molecule has 0 aliphatic heterocycles. The van der Waals surface area contributed by atoms with Crippen molar-refractivity contribution in [3.8, 4) is 0 Å². The average Bonchev–Trinajstić information content (AvgIpc) is 2.72. The van der Waals surface area contributed by atoms with Gasteiger partial charge in [0.15, 0.2) is 0 Å². The topological polar surface area (TPSA) is 56.7 Å². The van der Waals surface area contributed by atoms with Gasteiger partial charge in [-0.2, -0.15) is 0 Å². The van der Waals surface area contributed by atoms with Crippen LogP contribution in [-0.2, 0) is 13.5 Å². The van der Waals surface area contributed by atoms with Crippen LogP contribution in [0.5, 0.6) is 0 Å². The lowest BCUT2D eigenvalue weighted by Gasteiger charge is -2.13. The molecule has 1 aromatic heterocycles. The zero-order chi connectivity index (χ0) is 12.3. The summed E-state index contributed by atoms with van der Waals surface area (Å²) in [4.78, 5) is 0. The first-order valence-electron chi connectivity index (χ1n) is 5.50. The fourth-order valence-corrected chi connectivity index (χ4v) is 2.04. The van der Waals surface area contributed by atoms with E-state index in [1.54, 1.807) is 4.68 Å². The van der Waals surface area contributed by atoms with Gasteiger partial charge < -0.3 is 5.73 Å². The molecule has 4 nitrogen and oxygen atoms in total. The van der Waals surface area contributed by atoms with E-state index in [-0.39, 0.29) is 5.92 Å². The van der Waals surface area contributed by atoms with E-state index in [9.17, 15) is 0 Å². The summed E-state index contributed by atoms with van der Waals surface area (Å²) in [6, 6.07) is 7.80. The van der Waals surface area contributed by atoms with Crippen molar-refractivity contribution in [1.82, 2.24) is 15.0 Å². The SMILES string of the molecule is Cn1cc(CC(CN)c2cccc(Cl)c2)nn1. The third kappa shape index (κ3) is 3.05. The number of aryl methyl sites for hydroxylation is 1. The Morgan fingerprint density at radius 3 is 2.88 bits per heavy atom. The molecule has 0 spiro atoms. The highest BCUT2D eigenvalue weighted by Crippen LogP contribution is 2.21. The molecule has 1 atom stereocenters. The summed E-state index contributed by atoms with van der Waals surface area (Å²) in [7, 11) is 1.85. The molecule has 90 valence electrons. The number of halogens is 1. The number of hydrogen-bond acceptors (Lipinski definition) is 3. The second-order valence-electron chi connectivity index (χ2n) is 4.08. The van der Waals surface area contributed by atoms with Crippen molar-refractivity contribution >= 4 is 11.6 Å². The van der Waals surface area contributed by atoms with E-state index in [0.717, 1.165) is 22.7 Å². The molecule has 5 heteroatoms. The van der Waals surface area contributed by atoms with Gasteiger partial charge in [-0.05, 0) is 24.2 Å². The second kappa shape index (κ2) is 5.29. The molecule has 0 bridgehead atoms. The molecule has 2 N–H and O–H groups in total. The van der Waals surface area contributed by atoms with Crippen LogP contribution < -0.4 is 5.73 Å². The second-order valence-corrected chi connectivity index (χ2v) is 4.51. The Morgan fingerprint density at radius 2 is 2.29 bits per heavy atom. The maximum absolute atomic E-state index is 5.98. The number of benzene rings is 1. The van der Waals surface area contributed by atoms with Crippen molar-refractivity contribution in [2.45, 2.75) is 12.3 Å². The Labute approximate surface area is 105 Å². The highest BCUT2D eigenvalue weighted by molar-refractivity contribution is 6.30. The lowest BCUT2D eigenvalue weighted by Crippen LogP contribution is -2.15. The molecule has 0 saturated heterocycles. The van der Waals surface area contributed by atoms with Gasteiger partial charge in [0.1, 0.15) is 0 Å². The molecule has 0 amide bonds. The van der Waals surface area contributed by atoms with E-state index in [0.29, 0.717) is 6.54 Å². The molecule has 0 aliphatic carbocycles. The fourth-order valence-electron chi connectivity index (χ4n) is 1.84.